The largest absolute Gasteiger partial charge is 0.355 e. The Hall–Kier alpha value is -1.78. The molecule has 2 N–H and O–H groups in total. The standard InChI is InChI=1S/C17H18ClF2N3O3S2/c1-28(25,26)5-4-21-14(24)7-12-13-6-9(8-23(13)17(27)22-12)15-11(19)3-2-10(18)16(15)20/h2-3,9H,4-8H2,1H3,(H,21,24)(H,22,27)/t9-/m1/s1. The Morgan fingerprint density at radius 3 is 2.82 bits per heavy atom. The van der Waals surface area contributed by atoms with Gasteiger partial charge in [0.2, 0.25) is 5.91 Å². The van der Waals surface area contributed by atoms with E-state index >= 15 is 0 Å². The minimum atomic E-state index is -3.17. The fourth-order valence-corrected chi connectivity index (χ4v) is 4.30. The van der Waals surface area contributed by atoms with Crippen LogP contribution in [0.4, 0.5) is 8.78 Å². The second-order valence-electron chi connectivity index (χ2n) is 6.78. The Labute approximate surface area is 170 Å². The van der Waals surface area contributed by atoms with Crippen molar-refractivity contribution < 1.29 is 22.0 Å². The zero-order valence-electron chi connectivity index (χ0n) is 14.9. The highest BCUT2D eigenvalue weighted by Crippen LogP contribution is 2.36. The van der Waals surface area contributed by atoms with Crippen molar-refractivity contribution in [3.63, 3.8) is 0 Å². The molecule has 0 spiro atoms. The number of fused-ring (bicyclic) bond motifs is 1. The van der Waals surface area contributed by atoms with Gasteiger partial charge in [-0.2, -0.15) is 0 Å². The number of hydrogen-bond donors (Lipinski definition) is 2. The summed E-state index contributed by atoms with van der Waals surface area (Å²) in [4.78, 5) is 15.1. The molecule has 0 fully saturated rings. The third kappa shape index (κ3) is 4.44. The van der Waals surface area contributed by atoms with Crippen LogP contribution in [0, 0.1) is 16.4 Å². The Morgan fingerprint density at radius 1 is 1.43 bits per heavy atom. The van der Waals surface area contributed by atoms with E-state index in [1.807, 2.05) is 0 Å². The van der Waals surface area contributed by atoms with Gasteiger partial charge in [0.15, 0.2) is 4.77 Å². The van der Waals surface area contributed by atoms with Crippen LogP contribution in [0.5, 0.6) is 0 Å². The quantitative estimate of drug-likeness (QED) is 0.524. The van der Waals surface area contributed by atoms with Crippen LogP contribution >= 0.6 is 23.8 Å². The number of carbonyl (C=O) groups is 1. The van der Waals surface area contributed by atoms with Crippen LogP contribution in [0.25, 0.3) is 0 Å². The lowest BCUT2D eigenvalue weighted by molar-refractivity contribution is -0.120. The van der Waals surface area contributed by atoms with Crippen LogP contribution in [0.3, 0.4) is 0 Å². The van der Waals surface area contributed by atoms with Crippen LogP contribution in [0.15, 0.2) is 12.1 Å². The van der Waals surface area contributed by atoms with Gasteiger partial charge < -0.3 is 14.9 Å². The average Bonchev–Trinajstić information content (AvgIpc) is 3.12. The Morgan fingerprint density at radius 2 is 2.14 bits per heavy atom. The van der Waals surface area contributed by atoms with Gasteiger partial charge in [0.1, 0.15) is 21.5 Å². The molecule has 1 amide bonds. The minimum Gasteiger partial charge on any atom is -0.355 e. The van der Waals surface area contributed by atoms with Crippen molar-refractivity contribution in [2.24, 2.45) is 0 Å². The predicted molar refractivity (Wildman–Crippen MR) is 104 cm³/mol. The summed E-state index contributed by atoms with van der Waals surface area (Å²) in [5.41, 5.74) is 1.16. The van der Waals surface area contributed by atoms with Crippen molar-refractivity contribution >= 4 is 39.6 Å². The number of imidazole rings is 1. The highest BCUT2D eigenvalue weighted by Gasteiger charge is 2.31. The topological polar surface area (TPSA) is 84.0 Å². The van der Waals surface area contributed by atoms with Gasteiger partial charge in [-0.1, -0.05) is 11.6 Å². The maximum absolute atomic E-state index is 14.4. The number of halogens is 3. The van der Waals surface area contributed by atoms with Gasteiger partial charge in [-0.25, -0.2) is 17.2 Å². The molecule has 2 heterocycles. The molecule has 0 saturated heterocycles. The van der Waals surface area contributed by atoms with Crippen LogP contribution < -0.4 is 5.32 Å². The summed E-state index contributed by atoms with van der Waals surface area (Å²) in [6.07, 6.45) is 1.35. The second kappa shape index (κ2) is 7.92. The van der Waals surface area contributed by atoms with Crippen molar-refractivity contribution in [3.8, 4) is 0 Å². The van der Waals surface area contributed by atoms with Crippen LogP contribution in [0.1, 0.15) is 22.9 Å². The molecule has 1 aliphatic rings. The summed E-state index contributed by atoms with van der Waals surface area (Å²) in [6, 6.07) is 2.30. The molecule has 1 aromatic heterocycles. The van der Waals surface area contributed by atoms with E-state index in [1.54, 1.807) is 4.57 Å². The highest BCUT2D eigenvalue weighted by molar-refractivity contribution is 7.90. The van der Waals surface area contributed by atoms with E-state index in [2.05, 4.69) is 10.3 Å². The zero-order valence-corrected chi connectivity index (χ0v) is 17.3. The summed E-state index contributed by atoms with van der Waals surface area (Å²) in [5.74, 6) is -2.47. The molecule has 1 aliphatic heterocycles. The first-order valence-corrected chi connectivity index (χ1v) is 11.3. The van der Waals surface area contributed by atoms with Crippen molar-refractivity contribution in [2.75, 3.05) is 18.6 Å². The van der Waals surface area contributed by atoms with E-state index in [4.69, 9.17) is 23.8 Å². The number of nitrogens with zero attached hydrogens (tertiary/aromatic N) is 1. The van der Waals surface area contributed by atoms with E-state index < -0.39 is 27.4 Å². The summed E-state index contributed by atoms with van der Waals surface area (Å²) < 4.78 is 52.9. The SMILES string of the molecule is CS(=O)(=O)CCNC(=O)Cc1[nH]c(=S)n2c1C[C@@H](c1c(F)ccc(Cl)c1F)C2. The monoisotopic (exact) mass is 449 g/mol. The first-order valence-electron chi connectivity index (χ1n) is 8.45. The molecular weight excluding hydrogens is 432 g/mol. The number of sulfone groups is 1. The predicted octanol–water partition coefficient (Wildman–Crippen LogP) is 2.52. The van der Waals surface area contributed by atoms with E-state index in [9.17, 15) is 22.0 Å². The molecule has 0 saturated carbocycles. The number of carbonyl (C=O) groups excluding carboxylic acids is 1. The molecular formula is C17H18ClF2N3O3S2. The third-order valence-corrected chi connectivity index (χ3v) is 6.20. The summed E-state index contributed by atoms with van der Waals surface area (Å²) in [5, 5.41) is 2.39. The molecule has 6 nitrogen and oxygen atoms in total. The van der Waals surface area contributed by atoms with E-state index in [-0.39, 0.29) is 41.8 Å². The fourth-order valence-electron chi connectivity index (χ4n) is 3.35. The van der Waals surface area contributed by atoms with Crippen molar-refractivity contribution in [1.82, 2.24) is 14.9 Å². The van der Waals surface area contributed by atoms with Gasteiger partial charge >= 0.3 is 0 Å². The van der Waals surface area contributed by atoms with Gasteiger partial charge in [0, 0.05) is 42.2 Å². The van der Waals surface area contributed by atoms with E-state index in [0.717, 1.165) is 12.3 Å². The number of amides is 1. The number of aromatic amines is 1. The molecule has 0 unspecified atom stereocenters. The molecule has 0 aliphatic carbocycles. The highest BCUT2D eigenvalue weighted by atomic mass is 35.5. The maximum Gasteiger partial charge on any atom is 0.226 e. The normalized spacial score (nSPS) is 16.2. The molecule has 1 aromatic carbocycles. The summed E-state index contributed by atoms with van der Waals surface area (Å²) in [7, 11) is -3.17. The number of rotatable bonds is 6. The van der Waals surface area contributed by atoms with Gasteiger partial charge in [0.25, 0.3) is 0 Å². The minimum absolute atomic E-state index is 0.00992. The number of benzene rings is 1. The number of nitrogens with one attached hydrogen (secondary N) is 2. The lowest BCUT2D eigenvalue weighted by atomic mass is 9.95. The van der Waals surface area contributed by atoms with Gasteiger partial charge in [-0.15, -0.1) is 0 Å². The lowest BCUT2D eigenvalue weighted by Gasteiger charge is -2.13. The van der Waals surface area contributed by atoms with Gasteiger partial charge in [-0.05, 0) is 30.8 Å². The number of aromatic nitrogens is 2. The Kier molecular flexibility index (Phi) is 5.92. The number of H-pyrrole nitrogens is 1. The van der Waals surface area contributed by atoms with Gasteiger partial charge in [0.05, 0.1) is 17.2 Å². The number of hydrogen-bond acceptors (Lipinski definition) is 4. The maximum atomic E-state index is 14.4. The molecule has 0 bridgehead atoms. The van der Waals surface area contributed by atoms with Crippen LogP contribution in [-0.4, -0.2) is 42.4 Å². The molecule has 11 heteroatoms. The molecule has 152 valence electrons. The first kappa shape index (κ1) is 20.9. The lowest BCUT2D eigenvalue weighted by Crippen LogP contribution is -2.30. The molecule has 1 atom stereocenters. The molecule has 28 heavy (non-hydrogen) atoms. The third-order valence-electron chi connectivity index (χ3n) is 4.64. The smallest absolute Gasteiger partial charge is 0.226 e. The molecule has 3 rings (SSSR count). The summed E-state index contributed by atoms with van der Waals surface area (Å²) in [6.45, 7) is 0.282. The van der Waals surface area contributed by atoms with E-state index in [1.165, 1.54) is 6.07 Å². The van der Waals surface area contributed by atoms with Crippen LogP contribution in [-0.2, 0) is 34.0 Å². The van der Waals surface area contributed by atoms with Gasteiger partial charge in [-0.3, -0.25) is 4.79 Å². The van der Waals surface area contributed by atoms with Crippen molar-refractivity contribution in [3.05, 3.63) is 50.5 Å². The second-order valence-corrected chi connectivity index (χ2v) is 9.83. The fraction of sp³-hybridized carbons (Fsp3) is 0.412. The average molecular weight is 450 g/mol. The van der Waals surface area contributed by atoms with Crippen LogP contribution in [0.2, 0.25) is 5.02 Å². The summed E-state index contributed by atoms with van der Waals surface area (Å²) >= 11 is 11.1. The first-order chi connectivity index (χ1) is 13.1. The molecule has 2 aromatic rings. The zero-order chi connectivity index (χ0) is 20.6. The Bertz CT molecular complexity index is 1100. The molecule has 0 radical (unpaired) electrons. The Balaban J connectivity index is 1.76. The van der Waals surface area contributed by atoms with Crippen molar-refractivity contribution in [1.29, 1.82) is 0 Å². The van der Waals surface area contributed by atoms with E-state index in [0.29, 0.717) is 22.6 Å². The van der Waals surface area contributed by atoms with Crippen molar-refractivity contribution in [2.45, 2.75) is 25.3 Å².